The summed E-state index contributed by atoms with van der Waals surface area (Å²) in [6.45, 7) is 0.601. The summed E-state index contributed by atoms with van der Waals surface area (Å²) in [5.74, 6) is -0.354. The molecule has 1 aromatic rings. The van der Waals surface area contributed by atoms with Crippen molar-refractivity contribution in [2.45, 2.75) is 18.9 Å². The molecule has 1 atom stereocenters. The molecule has 0 aliphatic carbocycles. The van der Waals surface area contributed by atoms with Crippen molar-refractivity contribution < 1.29 is 15.0 Å². The summed E-state index contributed by atoms with van der Waals surface area (Å²) < 4.78 is 0. The minimum Gasteiger partial charge on any atom is -0.505 e. The van der Waals surface area contributed by atoms with E-state index in [0.29, 0.717) is 6.54 Å². The van der Waals surface area contributed by atoms with Crippen LogP contribution in [0.15, 0.2) is 18.5 Å². The predicted molar refractivity (Wildman–Crippen MR) is 57.0 cm³/mol. The van der Waals surface area contributed by atoms with Crippen molar-refractivity contribution in [2.24, 2.45) is 0 Å². The van der Waals surface area contributed by atoms with E-state index in [1.165, 1.54) is 18.5 Å². The van der Waals surface area contributed by atoms with Crippen LogP contribution in [0.4, 0.5) is 0 Å². The molecule has 0 aromatic carbocycles. The van der Waals surface area contributed by atoms with Crippen LogP contribution in [0.1, 0.15) is 23.2 Å². The monoisotopic (exact) mass is 222 g/mol. The van der Waals surface area contributed by atoms with E-state index in [2.05, 4.69) is 4.98 Å². The van der Waals surface area contributed by atoms with Crippen molar-refractivity contribution >= 4 is 5.91 Å². The highest BCUT2D eigenvalue weighted by atomic mass is 16.3. The molecule has 1 amide bonds. The van der Waals surface area contributed by atoms with Gasteiger partial charge in [0.05, 0.1) is 24.4 Å². The Kier molecular flexibility index (Phi) is 3.05. The molecule has 2 rings (SSSR count). The third-order valence-corrected chi connectivity index (χ3v) is 2.88. The number of nitrogens with zero attached hydrogens (tertiary/aromatic N) is 2. The molecule has 0 saturated carbocycles. The number of amides is 1. The predicted octanol–water partition coefficient (Wildman–Crippen LogP) is 0.384. The SMILES string of the molecule is O=C(c1ccncc1O)N1CCC[C@H]1CO. The quantitative estimate of drug-likeness (QED) is 0.759. The number of carbonyl (C=O) groups is 1. The van der Waals surface area contributed by atoms with Gasteiger partial charge >= 0.3 is 0 Å². The van der Waals surface area contributed by atoms with Crippen molar-refractivity contribution in [3.05, 3.63) is 24.0 Å². The molecule has 0 bridgehead atoms. The summed E-state index contributed by atoms with van der Waals surface area (Å²) in [5, 5.41) is 18.7. The minimum atomic E-state index is -0.239. The molecule has 1 aromatic heterocycles. The Balaban J connectivity index is 2.22. The van der Waals surface area contributed by atoms with Gasteiger partial charge in [-0.25, -0.2) is 0 Å². The van der Waals surface area contributed by atoms with Crippen LogP contribution >= 0.6 is 0 Å². The van der Waals surface area contributed by atoms with Gasteiger partial charge in [-0.05, 0) is 18.9 Å². The third-order valence-electron chi connectivity index (χ3n) is 2.88. The molecule has 86 valence electrons. The molecule has 1 saturated heterocycles. The first-order valence-corrected chi connectivity index (χ1v) is 5.29. The van der Waals surface area contributed by atoms with Gasteiger partial charge < -0.3 is 15.1 Å². The maximum absolute atomic E-state index is 12.1. The molecule has 2 heterocycles. The van der Waals surface area contributed by atoms with E-state index in [9.17, 15) is 9.90 Å². The van der Waals surface area contributed by atoms with Crippen LogP contribution < -0.4 is 0 Å². The second kappa shape index (κ2) is 4.49. The normalized spacial score (nSPS) is 20.1. The van der Waals surface area contributed by atoms with E-state index >= 15 is 0 Å². The van der Waals surface area contributed by atoms with Crippen LogP contribution in [0.2, 0.25) is 0 Å². The fraction of sp³-hybridized carbons (Fsp3) is 0.455. The molecule has 0 radical (unpaired) electrons. The molecule has 2 N–H and O–H groups in total. The lowest BCUT2D eigenvalue weighted by atomic mass is 10.2. The number of aliphatic hydroxyl groups excluding tert-OH is 1. The first-order chi connectivity index (χ1) is 7.74. The lowest BCUT2D eigenvalue weighted by Crippen LogP contribution is -2.37. The third kappa shape index (κ3) is 1.86. The van der Waals surface area contributed by atoms with E-state index in [-0.39, 0.29) is 29.9 Å². The van der Waals surface area contributed by atoms with Crippen molar-refractivity contribution in [2.75, 3.05) is 13.2 Å². The second-order valence-electron chi connectivity index (χ2n) is 3.87. The van der Waals surface area contributed by atoms with E-state index in [0.717, 1.165) is 12.8 Å². The fourth-order valence-corrected chi connectivity index (χ4v) is 2.01. The summed E-state index contributed by atoms with van der Waals surface area (Å²) >= 11 is 0. The molecular formula is C11H14N2O3. The van der Waals surface area contributed by atoms with Crippen molar-refractivity contribution in [3.63, 3.8) is 0 Å². The maximum atomic E-state index is 12.1. The molecule has 1 aliphatic heterocycles. The number of aliphatic hydroxyl groups is 1. The lowest BCUT2D eigenvalue weighted by molar-refractivity contribution is 0.0674. The molecular weight excluding hydrogens is 208 g/mol. The molecule has 1 fully saturated rings. The zero-order chi connectivity index (χ0) is 11.5. The van der Waals surface area contributed by atoms with Crippen LogP contribution in [0.25, 0.3) is 0 Å². The van der Waals surface area contributed by atoms with Crippen LogP contribution in [-0.4, -0.2) is 45.2 Å². The number of pyridine rings is 1. The largest absolute Gasteiger partial charge is 0.505 e. The standard InChI is InChI=1S/C11H14N2O3/c14-7-8-2-1-5-13(8)11(16)9-3-4-12-6-10(9)15/h3-4,6,8,14-15H,1-2,5,7H2/t8-/m0/s1. The lowest BCUT2D eigenvalue weighted by Gasteiger charge is -2.23. The van der Waals surface area contributed by atoms with E-state index < -0.39 is 0 Å². The van der Waals surface area contributed by atoms with Gasteiger partial charge in [-0.1, -0.05) is 0 Å². The number of hydrogen-bond donors (Lipinski definition) is 2. The van der Waals surface area contributed by atoms with E-state index in [1.54, 1.807) is 4.90 Å². The Labute approximate surface area is 93.3 Å². The number of likely N-dealkylation sites (tertiary alicyclic amines) is 1. The highest BCUT2D eigenvalue weighted by Gasteiger charge is 2.29. The summed E-state index contributed by atoms with van der Waals surface area (Å²) in [5.41, 5.74) is 0.246. The molecule has 0 unspecified atom stereocenters. The van der Waals surface area contributed by atoms with Gasteiger partial charge in [-0.3, -0.25) is 9.78 Å². The fourth-order valence-electron chi connectivity index (χ4n) is 2.01. The van der Waals surface area contributed by atoms with Crippen LogP contribution in [0, 0.1) is 0 Å². The Morgan fingerprint density at radius 1 is 1.62 bits per heavy atom. The summed E-state index contributed by atoms with van der Waals surface area (Å²) in [7, 11) is 0. The zero-order valence-corrected chi connectivity index (χ0v) is 8.83. The average Bonchev–Trinajstić information content (AvgIpc) is 2.77. The highest BCUT2D eigenvalue weighted by molar-refractivity contribution is 5.96. The first-order valence-electron chi connectivity index (χ1n) is 5.29. The van der Waals surface area contributed by atoms with E-state index in [4.69, 9.17) is 5.11 Å². The van der Waals surface area contributed by atoms with Crippen molar-refractivity contribution in [1.29, 1.82) is 0 Å². The number of aromatic hydroxyl groups is 1. The zero-order valence-electron chi connectivity index (χ0n) is 8.83. The van der Waals surface area contributed by atoms with E-state index in [1.807, 2.05) is 0 Å². The summed E-state index contributed by atoms with van der Waals surface area (Å²) in [4.78, 5) is 17.4. The van der Waals surface area contributed by atoms with Crippen LogP contribution in [0.3, 0.4) is 0 Å². The molecule has 5 nitrogen and oxygen atoms in total. The number of hydrogen-bond acceptors (Lipinski definition) is 4. The van der Waals surface area contributed by atoms with Gasteiger partial charge in [0.2, 0.25) is 0 Å². The van der Waals surface area contributed by atoms with Gasteiger partial charge in [0.15, 0.2) is 0 Å². The number of aromatic nitrogens is 1. The van der Waals surface area contributed by atoms with Gasteiger partial charge in [0.25, 0.3) is 5.91 Å². The summed E-state index contributed by atoms with van der Waals surface area (Å²) in [6.07, 6.45) is 4.42. The number of rotatable bonds is 2. The maximum Gasteiger partial charge on any atom is 0.258 e. The Hall–Kier alpha value is -1.62. The number of carbonyl (C=O) groups excluding carboxylic acids is 1. The van der Waals surface area contributed by atoms with Gasteiger partial charge in [0, 0.05) is 12.7 Å². The highest BCUT2D eigenvalue weighted by Crippen LogP contribution is 2.23. The Bertz CT molecular complexity index is 395. The smallest absolute Gasteiger partial charge is 0.258 e. The second-order valence-corrected chi connectivity index (χ2v) is 3.87. The minimum absolute atomic E-state index is 0.0302. The van der Waals surface area contributed by atoms with Gasteiger partial charge in [-0.2, -0.15) is 0 Å². The first kappa shape index (κ1) is 10.9. The van der Waals surface area contributed by atoms with Crippen LogP contribution in [0.5, 0.6) is 5.75 Å². The summed E-state index contributed by atoms with van der Waals surface area (Å²) in [6, 6.07) is 1.37. The molecule has 16 heavy (non-hydrogen) atoms. The van der Waals surface area contributed by atoms with Crippen molar-refractivity contribution in [3.8, 4) is 5.75 Å². The van der Waals surface area contributed by atoms with Gasteiger partial charge in [0.1, 0.15) is 5.75 Å². The Morgan fingerprint density at radius 3 is 3.12 bits per heavy atom. The Morgan fingerprint density at radius 2 is 2.44 bits per heavy atom. The van der Waals surface area contributed by atoms with Crippen molar-refractivity contribution in [1.82, 2.24) is 9.88 Å². The average molecular weight is 222 g/mol. The molecule has 5 heteroatoms. The molecule has 0 spiro atoms. The topological polar surface area (TPSA) is 73.7 Å². The van der Waals surface area contributed by atoms with Gasteiger partial charge in [-0.15, -0.1) is 0 Å². The molecule has 1 aliphatic rings. The van der Waals surface area contributed by atoms with Crippen LogP contribution in [-0.2, 0) is 0 Å².